The molecule has 0 aromatic heterocycles. The molecule has 0 spiro atoms. The molecule has 0 bridgehead atoms. The Labute approximate surface area is 74.1 Å². The third kappa shape index (κ3) is 5.25. The van der Waals surface area contributed by atoms with E-state index >= 15 is 0 Å². The van der Waals surface area contributed by atoms with Crippen molar-refractivity contribution >= 4 is 16.8 Å². The quantitative estimate of drug-likeness (QED) is 0.568. The summed E-state index contributed by atoms with van der Waals surface area (Å²) in [4.78, 5) is 10.8. The molecule has 0 radical (unpaired) electrons. The van der Waals surface area contributed by atoms with Crippen LogP contribution in [0.25, 0.3) is 0 Å². The predicted octanol–water partition coefficient (Wildman–Crippen LogP) is 3.36. The highest BCUT2D eigenvalue weighted by Gasteiger charge is 2.13. The average Bonchev–Trinajstić information content (AvgIpc) is 1.97. The van der Waals surface area contributed by atoms with Gasteiger partial charge in [-0.3, -0.25) is 4.79 Å². The molecular weight excluding hydrogens is 160 g/mol. The number of hydrogen-bond acceptors (Lipinski definition) is 1. The maximum atomic E-state index is 10.8. The molecule has 0 aromatic rings. The molecule has 0 saturated heterocycles. The van der Waals surface area contributed by atoms with Crippen LogP contribution in [-0.2, 0) is 4.79 Å². The highest BCUT2D eigenvalue weighted by molar-refractivity contribution is 6.63. The van der Waals surface area contributed by atoms with Crippen LogP contribution in [0.1, 0.15) is 46.0 Å². The Kier molecular flexibility index (Phi) is 6.63. The van der Waals surface area contributed by atoms with Crippen LogP contribution < -0.4 is 0 Å². The molecule has 1 atom stereocenters. The van der Waals surface area contributed by atoms with E-state index in [4.69, 9.17) is 11.6 Å². The summed E-state index contributed by atoms with van der Waals surface area (Å²) < 4.78 is 0. The topological polar surface area (TPSA) is 17.1 Å². The van der Waals surface area contributed by atoms with Crippen molar-refractivity contribution in [3.8, 4) is 0 Å². The van der Waals surface area contributed by atoms with E-state index in [1.807, 2.05) is 0 Å². The Morgan fingerprint density at radius 2 is 1.91 bits per heavy atom. The van der Waals surface area contributed by atoms with Gasteiger partial charge in [-0.05, 0) is 24.4 Å². The zero-order valence-electron chi connectivity index (χ0n) is 7.40. The lowest BCUT2D eigenvalue weighted by Crippen LogP contribution is -2.07. The highest BCUT2D eigenvalue weighted by Crippen LogP contribution is 2.17. The second-order valence-electron chi connectivity index (χ2n) is 2.93. The molecule has 0 amide bonds. The molecule has 0 aliphatic rings. The fourth-order valence-corrected chi connectivity index (χ4v) is 1.39. The van der Waals surface area contributed by atoms with Crippen molar-refractivity contribution in [1.82, 2.24) is 0 Å². The van der Waals surface area contributed by atoms with Gasteiger partial charge in [0.1, 0.15) is 0 Å². The molecule has 0 aromatic carbocycles. The second kappa shape index (κ2) is 6.66. The van der Waals surface area contributed by atoms with Gasteiger partial charge in [-0.15, -0.1) is 0 Å². The fraction of sp³-hybridized carbons (Fsp3) is 0.889. The van der Waals surface area contributed by atoms with Gasteiger partial charge in [-0.1, -0.05) is 33.1 Å². The molecule has 0 fully saturated rings. The Morgan fingerprint density at radius 1 is 1.27 bits per heavy atom. The molecule has 1 nitrogen and oxygen atoms in total. The van der Waals surface area contributed by atoms with Crippen LogP contribution in [0, 0.1) is 5.92 Å². The zero-order valence-corrected chi connectivity index (χ0v) is 8.16. The summed E-state index contributed by atoms with van der Waals surface area (Å²) in [5, 5.41) is -0.152. The van der Waals surface area contributed by atoms with Crippen LogP contribution in [0.3, 0.4) is 0 Å². The lowest BCUT2D eigenvalue weighted by molar-refractivity contribution is -0.115. The van der Waals surface area contributed by atoms with Gasteiger partial charge in [0.05, 0.1) is 0 Å². The van der Waals surface area contributed by atoms with Crippen LogP contribution in [0.2, 0.25) is 0 Å². The average molecular weight is 177 g/mol. The van der Waals surface area contributed by atoms with Gasteiger partial charge in [0.25, 0.3) is 0 Å². The van der Waals surface area contributed by atoms with E-state index in [1.165, 1.54) is 0 Å². The summed E-state index contributed by atoms with van der Waals surface area (Å²) in [6.07, 6.45) is 5.22. The maximum Gasteiger partial charge on any atom is 0.224 e. The number of carbonyl (C=O) groups excluding carboxylic acids is 1. The molecule has 0 aliphatic carbocycles. The van der Waals surface area contributed by atoms with Crippen molar-refractivity contribution < 1.29 is 4.79 Å². The number of carbonyl (C=O) groups is 1. The van der Waals surface area contributed by atoms with E-state index in [2.05, 4.69) is 13.8 Å². The number of rotatable bonds is 6. The number of halogens is 1. The second-order valence-corrected chi connectivity index (χ2v) is 3.30. The fourth-order valence-electron chi connectivity index (χ4n) is 1.17. The van der Waals surface area contributed by atoms with Crippen LogP contribution >= 0.6 is 11.6 Å². The van der Waals surface area contributed by atoms with Crippen molar-refractivity contribution in [2.45, 2.75) is 46.0 Å². The van der Waals surface area contributed by atoms with E-state index in [0.717, 1.165) is 32.1 Å². The molecule has 0 N–H and O–H groups in total. The van der Waals surface area contributed by atoms with Crippen LogP contribution in [-0.4, -0.2) is 5.24 Å². The van der Waals surface area contributed by atoms with E-state index in [0.29, 0.717) is 0 Å². The molecule has 0 aliphatic heterocycles. The summed E-state index contributed by atoms with van der Waals surface area (Å²) in [6.45, 7) is 4.21. The van der Waals surface area contributed by atoms with Gasteiger partial charge < -0.3 is 0 Å². The molecular formula is C9H17ClO. The van der Waals surface area contributed by atoms with Crippen molar-refractivity contribution in [3.63, 3.8) is 0 Å². The first kappa shape index (κ1) is 11.0. The minimum atomic E-state index is -0.152. The zero-order chi connectivity index (χ0) is 8.69. The van der Waals surface area contributed by atoms with Crippen molar-refractivity contribution in [2.75, 3.05) is 0 Å². The van der Waals surface area contributed by atoms with Crippen molar-refractivity contribution in [1.29, 1.82) is 0 Å². The first-order valence-corrected chi connectivity index (χ1v) is 4.79. The monoisotopic (exact) mass is 176 g/mol. The summed E-state index contributed by atoms with van der Waals surface area (Å²) in [5.41, 5.74) is 0. The lowest BCUT2D eigenvalue weighted by Gasteiger charge is -2.09. The maximum absolute atomic E-state index is 10.8. The molecule has 2 heteroatoms. The number of hydrogen-bond donors (Lipinski definition) is 0. The van der Waals surface area contributed by atoms with Gasteiger partial charge in [0.2, 0.25) is 5.24 Å². The van der Waals surface area contributed by atoms with Crippen molar-refractivity contribution in [2.24, 2.45) is 5.92 Å². The Morgan fingerprint density at radius 3 is 2.27 bits per heavy atom. The highest BCUT2D eigenvalue weighted by atomic mass is 35.5. The lowest BCUT2D eigenvalue weighted by atomic mass is 9.99. The summed E-state index contributed by atoms with van der Waals surface area (Å²) in [7, 11) is 0. The van der Waals surface area contributed by atoms with Gasteiger partial charge in [0, 0.05) is 5.92 Å². The first-order chi connectivity index (χ1) is 5.22. The Balaban J connectivity index is 3.60. The molecule has 11 heavy (non-hydrogen) atoms. The van der Waals surface area contributed by atoms with Crippen LogP contribution in [0.5, 0.6) is 0 Å². The van der Waals surface area contributed by atoms with Gasteiger partial charge in [-0.2, -0.15) is 0 Å². The van der Waals surface area contributed by atoms with Gasteiger partial charge in [0.15, 0.2) is 0 Å². The Bertz CT molecular complexity index is 112. The van der Waals surface area contributed by atoms with E-state index in [1.54, 1.807) is 0 Å². The summed E-state index contributed by atoms with van der Waals surface area (Å²) in [6, 6.07) is 0. The largest absolute Gasteiger partial charge is 0.281 e. The smallest absolute Gasteiger partial charge is 0.224 e. The first-order valence-electron chi connectivity index (χ1n) is 4.41. The van der Waals surface area contributed by atoms with Gasteiger partial charge in [-0.25, -0.2) is 0 Å². The molecule has 0 rings (SSSR count). The van der Waals surface area contributed by atoms with E-state index < -0.39 is 0 Å². The minimum Gasteiger partial charge on any atom is -0.281 e. The Hall–Kier alpha value is -0.0400. The van der Waals surface area contributed by atoms with Gasteiger partial charge >= 0.3 is 0 Å². The van der Waals surface area contributed by atoms with Crippen LogP contribution in [0.4, 0.5) is 0 Å². The summed E-state index contributed by atoms with van der Waals surface area (Å²) in [5.74, 6) is 0.113. The molecule has 0 heterocycles. The summed E-state index contributed by atoms with van der Waals surface area (Å²) >= 11 is 5.42. The van der Waals surface area contributed by atoms with Crippen LogP contribution in [0.15, 0.2) is 0 Å². The molecule has 1 unspecified atom stereocenters. The number of unbranched alkanes of at least 4 members (excludes halogenated alkanes) is 1. The molecule has 0 saturated carbocycles. The normalized spacial score (nSPS) is 13.0. The van der Waals surface area contributed by atoms with E-state index in [9.17, 15) is 4.79 Å². The minimum absolute atomic E-state index is 0.113. The predicted molar refractivity (Wildman–Crippen MR) is 48.8 cm³/mol. The van der Waals surface area contributed by atoms with E-state index in [-0.39, 0.29) is 11.2 Å². The van der Waals surface area contributed by atoms with Crippen molar-refractivity contribution in [3.05, 3.63) is 0 Å². The third-order valence-corrected chi connectivity index (χ3v) is 2.17. The third-order valence-electron chi connectivity index (χ3n) is 1.86. The standard InChI is InChI=1S/C9H17ClO/c1-3-5-7-8(6-4-2)9(10)11/h8H,3-7H2,1-2H3. The molecule has 66 valence electrons. The SMILES string of the molecule is CCCCC(CCC)C(=O)Cl.